The van der Waals surface area contributed by atoms with Crippen LogP contribution in [0.4, 0.5) is 0 Å². The number of piperazine rings is 1. The van der Waals surface area contributed by atoms with Gasteiger partial charge in [-0.15, -0.1) is 0 Å². The van der Waals surface area contributed by atoms with Crippen LogP contribution in [0.5, 0.6) is 0 Å². The molecule has 3 rings (SSSR count). The second kappa shape index (κ2) is 9.33. The summed E-state index contributed by atoms with van der Waals surface area (Å²) in [5.74, 6) is 0. The largest absolute Gasteiger partial charge is 0.362 e. The number of aromatic nitrogens is 2. The van der Waals surface area contributed by atoms with E-state index in [1.807, 2.05) is 6.92 Å². The van der Waals surface area contributed by atoms with Crippen molar-refractivity contribution in [1.82, 2.24) is 24.9 Å². The highest BCUT2D eigenvalue weighted by Gasteiger charge is 2.18. The van der Waals surface area contributed by atoms with Crippen molar-refractivity contribution in [1.29, 1.82) is 0 Å². The Hall–Kier alpha value is -1.92. The van der Waals surface area contributed by atoms with E-state index in [0.717, 1.165) is 63.0 Å². The van der Waals surface area contributed by atoms with Gasteiger partial charge in [0.1, 0.15) is 0 Å². The van der Waals surface area contributed by atoms with Crippen LogP contribution in [0.25, 0.3) is 0 Å². The van der Waals surface area contributed by atoms with Gasteiger partial charge >= 0.3 is 0 Å². The van der Waals surface area contributed by atoms with E-state index in [0.29, 0.717) is 0 Å². The monoisotopic (exact) mass is 385 g/mol. The first-order valence-electron chi connectivity index (χ1n) is 9.83. The van der Waals surface area contributed by atoms with Crippen LogP contribution in [0.15, 0.2) is 30.3 Å². The molecule has 1 fully saturated rings. The maximum absolute atomic E-state index is 5.59. The van der Waals surface area contributed by atoms with E-state index in [4.69, 9.17) is 12.2 Å². The van der Waals surface area contributed by atoms with E-state index in [1.165, 1.54) is 16.8 Å². The molecule has 5 nitrogen and oxygen atoms in total. The van der Waals surface area contributed by atoms with Crippen LogP contribution in [0.2, 0.25) is 0 Å². The van der Waals surface area contributed by atoms with Crippen molar-refractivity contribution in [3.05, 3.63) is 52.8 Å². The number of aryl methyl sites for hydroxylation is 4. The summed E-state index contributed by atoms with van der Waals surface area (Å²) in [6, 6.07) is 11.0. The molecule has 2 heterocycles. The molecule has 0 saturated carbocycles. The summed E-state index contributed by atoms with van der Waals surface area (Å²) < 4.78 is 2.07. The van der Waals surface area contributed by atoms with Crippen LogP contribution in [0, 0.1) is 20.8 Å². The topological polar surface area (TPSA) is 36.3 Å². The Morgan fingerprint density at radius 3 is 2.41 bits per heavy atom. The van der Waals surface area contributed by atoms with E-state index in [1.54, 1.807) is 0 Å². The molecule has 27 heavy (non-hydrogen) atoms. The summed E-state index contributed by atoms with van der Waals surface area (Å²) in [7, 11) is 0. The fourth-order valence-corrected chi connectivity index (χ4v) is 3.78. The molecule has 146 valence electrons. The minimum atomic E-state index is 0.887. The molecule has 1 aliphatic rings. The summed E-state index contributed by atoms with van der Waals surface area (Å²) in [6.07, 6.45) is 1.02. The van der Waals surface area contributed by atoms with Crippen LogP contribution < -0.4 is 5.32 Å². The lowest BCUT2D eigenvalue weighted by molar-refractivity contribution is 0.174. The molecule has 0 bridgehead atoms. The lowest BCUT2D eigenvalue weighted by atomic mass is 10.1. The third-order valence-electron chi connectivity index (χ3n) is 5.11. The summed E-state index contributed by atoms with van der Waals surface area (Å²) in [6.45, 7) is 13.2. The van der Waals surface area contributed by atoms with Crippen molar-refractivity contribution in [2.75, 3.05) is 32.7 Å². The molecular formula is C21H31N5S. The van der Waals surface area contributed by atoms with Gasteiger partial charge in [-0.1, -0.05) is 29.8 Å². The third-order valence-corrected chi connectivity index (χ3v) is 5.52. The molecular weight excluding hydrogens is 354 g/mol. The SMILES string of the molecule is Cc1ccc(CN2CCN(C(=S)NCCCn3nc(C)cc3C)CC2)cc1. The molecule has 0 unspecified atom stereocenters. The Labute approximate surface area is 168 Å². The number of hydrogen-bond donors (Lipinski definition) is 1. The van der Waals surface area contributed by atoms with E-state index in [-0.39, 0.29) is 0 Å². The van der Waals surface area contributed by atoms with E-state index < -0.39 is 0 Å². The molecule has 0 spiro atoms. The Balaban J connectivity index is 1.34. The molecule has 6 heteroatoms. The average molecular weight is 386 g/mol. The quantitative estimate of drug-likeness (QED) is 0.611. The van der Waals surface area contributed by atoms with Gasteiger partial charge in [-0.2, -0.15) is 5.10 Å². The highest BCUT2D eigenvalue weighted by Crippen LogP contribution is 2.10. The highest BCUT2D eigenvalue weighted by molar-refractivity contribution is 7.80. The number of nitrogens with one attached hydrogen (secondary N) is 1. The number of benzene rings is 1. The summed E-state index contributed by atoms with van der Waals surface area (Å²) >= 11 is 5.59. The molecule has 0 radical (unpaired) electrons. The molecule has 2 aromatic rings. The molecule has 0 amide bonds. The normalized spacial score (nSPS) is 15.1. The molecule has 1 aliphatic heterocycles. The molecule has 1 N–H and O–H groups in total. The van der Waals surface area contributed by atoms with Gasteiger partial charge in [0.05, 0.1) is 5.69 Å². The van der Waals surface area contributed by atoms with Crippen LogP contribution in [0.3, 0.4) is 0 Å². The second-order valence-corrected chi connectivity index (χ2v) is 7.87. The predicted octanol–water partition coefficient (Wildman–Crippen LogP) is 2.89. The Morgan fingerprint density at radius 1 is 1.07 bits per heavy atom. The van der Waals surface area contributed by atoms with Crippen molar-refractivity contribution in [3.8, 4) is 0 Å². The van der Waals surface area contributed by atoms with Crippen LogP contribution in [-0.4, -0.2) is 57.4 Å². The zero-order chi connectivity index (χ0) is 19.2. The number of thiocarbonyl (C=S) groups is 1. The second-order valence-electron chi connectivity index (χ2n) is 7.48. The maximum atomic E-state index is 5.59. The number of nitrogens with zero attached hydrogens (tertiary/aromatic N) is 4. The van der Waals surface area contributed by atoms with Gasteiger partial charge in [0, 0.05) is 51.5 Å². The fraction of sp³-hybridized carbons (Fsp3) is 0.524. The van der Waals surface area contributed by atoms with Gasteiger partial charge in [-0.05, 0) is 51.0 Å². The lowest BCUT2D eigenvalue weighted by Crippen LogP contribution is -2.51. The first kappa shape index (κ1) is 19.8. The zero-order valence-corrected chi connectivity index (χ0v) is 17.6. The van der Waals surface area contributed by atoms with E-state index >= 15 is 0 Å². The van der Waals surface area contributed by atoms with Gasteiger partial charge in [0.25, 0.3) is 0 Å². The van der Waals surface area contributed by atoms with Crippen molar-refractivity contribution in [3.63, 3.8) is 0 Å². The molecule has 0 aliphatic carbocycles. The van der Waals surface area contributed by atoms with E-state index in [2.05, 4.69) is 69.1 Å². The third kappa shape index (κ3) is 5.78. The molecule has 1 aromatic heterocycles. The number of rotatable bonds is 6. The first-order chi connectivity index (χ1) is 13.0. The van der Waals surface area contributed by atoms with E-state index in [9.17, 15) is 0 Å². The van der Waals surface area contributed by atoms with Gasteiger partial charge in [-0.25, -0.2) is 0 Å². The smallest absolute Gasteiger partial charge is 0.169 e. The summed E-state index contributed by atoms with van der Waals surface area (Å²) in [4.78, 5) is 4.80. The van der Waals surface area contributed by atoms with Crippen LogP contribution in [-0.2, 0) is 13.1 Å². The van der Waals surface area contributed by atoms with Gasteiger partial charge < -0.3 is 10.2 Å². The van der Waals surface area contributed by atoms with Crippen LogP contribution in [0.1, 0.15) is 28.9 Å². The predicted molar refractivity (Wildman–Crippen MR) is 115 cm³/mol. The fourth-order valence-electron chi connectivity index (χ4n) is 3.50. The van der Waals surface area contributed by atoms with Crippen molar-refractivity contribution < 1.29 is 0 Å². The highest BCUT2D eigenvalue weighted by atomic mass is 32.1. The Bertz CT molecular complexity index is 744. The van der Waals surface area contributed by atoms with Gasteiger partial charge in [-0.3, -0.25) is 9.58 Å². The number of hydrogen-bond acceptors (Lipinski definition) is 3. The minimum Gasteiger partial charge on any atom is -0.362 e. The minimum absolute atomic E-state index is 0.887. The summed E-state index contributed by atoms with van der Waals surface area (Å²) in [5.41, 5.74) is 5.01. The molecule has 0 atom stereocenters. The Kier molecular flexibility index (Phi) is 6.85. The molecule has 1 aromatic carbocycles. The van der Waals surface area contributed by atoms with Crippen molar-refractivity contribution in [2.45, 2.75) is 40.3 Å². The standard InChI is InChI=1S/C21H31N5S/c1-17-5-7-20(8-6-17)16-24-11-13-25(14-12-24)21(27)22-9-4-10-26-19(3)15-18(2)23-26/h5-8,15H,4,9-14,16H2,1-3H3,(H,22,27). The van der Waals surface area contributed by atoms with Crippen molar-refractivity contribution >= 4 is 17.3 Å². The van der Waals surface area contributed by atoms with Gasteiger partial charge in [0.2, 0.25) is 0 Å². The van der Waals surface area contributed by atoms with Crippen molar-refractivity contribution in [2.24, 2.45) is 0 Å². The van der Waals surface area contributed by atoms with Crippen LogP contribution >= 0.6 is 12.2 Å². The first-order valence-corrected chi connectivity index (χ1v) is 10.2. The molecule has 1 saturated heterocycles. The summed E-state index contributed by atoms with van der Waals surface area (Å²) in [5, 5.41) is 8.81. The lowest BCUT2D eigenvalue weighted by Gasteiger charge is -2.36. The maximum Gasteiger partial charge on any atom is 0.169 e. The zero-order valence-electron chi connectivity index (χ0n) is 16.7. The average Bonchev–Trinajstić information content (AvgIpc) is 2.98. The Morgan fingerprint density at radius 2 is 1.78 bits per heavy atom. The van der Waals surface area contributed by atoms with Gasteiger partial charge in [0.15, 0.2) is 5.11 Å².